The van der Waals surface area contributed by atoms with Gasteiger partial charge in [0.2, 0.25) is 0 Å². The average Bonchev–Trinajstić information content (AvgIpc) is 2.66. The maximum atomic E-state index is 3.81. The number of hydrogen-bond donors (Lipinski definition) is 0. The molecule has 0 radical (unpaired) electrons. The second-order valence-corrected chi connectivity index (χ2v) is 5.99. The van der Waals surface area contributed by atoms with Crippen molar-refractivity contribution >= 4 is 17.1 Å². The predicted molar refractivity (Wildman–Crippen MR) is 109 cm³/mol. The van der Waals surface area contributed by atoms with E-state index in [0.717, 1.165) is 29.9 Å². The van der Waals surface area contributed by atoms with Crippen molar-refractivity contribution in [3.8, 4) is 0 Å². The van der Waals surface area contributed by atoms with Crippen LogP contribution in [0.1, 0.15) is 11.1 Å². The minimum Gasteiger partial charge on any atom is -0.311 e. The van der Waals surface area contributed by atoms with E-state index in [0.29, 0.717) is 0 Å². The molecule has 3 rings (SSSR count). The standard InChI is InChI=1S/C24H23N/c1-3-8-20-12-16-23(17-13-20)25(22-10-6-5-7-11-22)24-18-14-21(9-4-2)15-19-24/h3-7,10-19H,1-2,8-9H2. The first kappa shape index (κ1) is 16.8. The quantitative estimate of drug-likeness (QED) is 0.442. The maximum Gasteiger partial charge on any atom is 0.0461 e. The van der Waals surface area contributed by atoms with Gasteiger partial charge in [0.05, 0.1) is 0 Å². The van der Waals surface area contributed by atoms with Gasteiger partial charge in [-0.2, -0.15) is 0 Å². The molecule has 25 heavy (non-hydrogen) atoms. The highest BCUT2D eigenvalue weighted by molar-refractivity contribution is 5.76. The van der Waals surface area contributed by atoms with Crippen molar-refractivity contribution in [2.24, 2.45) is 0 Å². The monoisotopic (exact) mass is 325 g/mol. The van der Waals surface area contributed by atoms with Crippen molar-refractivity contribution in [1.29, 1.82) is 0 Å². The molecule has 0 spiro atoms. The molecule has 0 atom stereocenters. The molecule has 1 heteroatoms. The van der Waals surface area contributed by atoms with Gasteiger partial charge < -0.3 is 4.90 Å². The van der Waals surface area contributed by atoms with Crippen LogP contribution in [0.3, 0.4) is 0 Å². The number of allylic oxidation sites excluding steroid dienone is 2. The Kier molecular flexibility index (Phi) is 5.48. The summed E-state index contributed by atoms with van der Waals surface area (Å²) in [5.41, 5.74) is 5.99. The lowest BCUT2D eigenvalue weighted by Crippen LogP contribution is -2.09. The molecule has 0 aliphatic heterocycles. The van der Waals surface area contributed by atoms with Crippen molar-refractivity contribution in [2.45, 2.75) is 12.8 Å². The van der Waals surface area contributed by atoms with Crippen LogP contribution in [-0.4, -0.2) is 0 Å². The Morgan fingerprint density at radius 3 is 1.36 bits per heavy atom. The lowest BCUT2D eigenvalue weighted by molar-refractivity contribution is 1.23. The fourth-order valence-corrected chi connectivity index (χ4v) is 2.92. The summed E-state index contributed by atoms with van der Waals surface area (Å²) in [5.74, 6) is 0. The van der Waals surface area contributed by atoms with E-state index in [1.165, 1.54) is 11.1 Å². The van der Waals surface area contributed by atoms with Crippen LogP contribution in [-0.2, 0) is 12.8 Å². The summed E-state index contributed by atoms with van der Waals surface area (Å²) in [4.78, 5) is 2.27. The van der Waals surface area contributed by atoms with E-state index in [2.05, 4.69) is 90.9 Å². The van der Waals surface area contributed by atoms with Crippen LogP contribution in [0.4, 0.5) is 17.1 Å². The summed E-state index contributed by atoms with van der Waals surface area (Å²) < 4.78 is 0. The van der Waals surface area contributed by atoms with E-state index in [1.807, 2.05) is 18.2 Å². The molecule has 0 fully saturated rings. The van der Waals surface area contributed by atoms with Gasteiger partial charge in [0, 0.05) is 17.1 Å². The fourth-order valence-electron chi connectivity index (χ4n) is 2.92. The average molecular weight is 325 g/mol. The minimum atomic E-state index is 0.891. The highest BCUT2D eigenvalue weighted by atomic mass is 15.1. The molecule has 3 aromatic carbocycles. The number of para-hydroxylation sites is 1. The highest BCUT2D eigenvalue weighted by Gasteiger charge is 2.11. The Hall–Kier alpha value is -3.06. The first-order valence-corrected chi connectivity index (χ1v) is 8.56. The molecule has 0 aliphatic rings. The summed E-state index contributed by atoms with van der Waals surface area (Å²) in [6.45, 7) is 7.63. The molecule has 0 heterocycles. The molecule has 3 aromatic rings. The van der Waals surface area contributed by atoms with E-state index < -0.39 is 0 Å². The Balaban J connectivity index is 2.00. The Morgan fingerprint density at radius 2 is 0.960 bits per heavy atom. The van der Waals surface area contributed by atoms with Gasteiger partial charge in [-0.1, -0.05) is 54.6 Å². The first-order valence-electron chi connectivity index (χ1n) is 8.56. The van der Waals surface area contributed by atoms with E-state index in [1.54, 1.807) is 0 Å². The second-order valence-electron chi connectivity index (χ2n) is 5.99. The van der Waals surface area contributed by atoms with Gasteiger partial charge in [-0.15, -0.1) is 13.2 Å². The first-order chi connectivity index (χ1) is 12.3. The molecule has 0 aliphatic carbocycles. The molecular weight excluding hydrogens is 302 g/mol. The SMILES string of the molecule is C=CCc1ccc(N(c2ccccc2)c2ccc(CC=C)cc2)cc1. The minimum absolute atomic E-state index is 0.891. The molecule has 0 unspecified atom stereocenters. The molecule has 0 bridgehead atoms. The number of anilines is 3. The Morgan fingerprint density at radius 1 is 0.560 bits per heavy atom. The molecule has 1 nitrogen and oxygen atoms in total. The van der Waals surface area contributed by atoms with Crippen LogP contribution in [0.15, 0.2) is 104 Å². The van der Waals surface area contributed by atoms with Crippen LogP contribution in [0.25, 0.3) is 0 Å². The van der Waals surface area contributed by atoms with Gasteiger partial charge in [-0.3, -0.25) is 0 Å². The van der Waals surface area contributed by atoms with Crippen molar-refractivity contribution in [3.05, 3.63) is 115 Å². The van der Waals surface area contributed by atoms with E-state index >= 15 is 0 Å². The maximum absolute atomic E-state index is 3.81. The lowest BCUT2D eigenvalue weighted by atomic mass is 10.1. The van der Waals surface area contributed by atoms with Crippen LogP contribution in [0, 0.1) is 0 Å². The molecule has 0 saturated heterocycles. The van der Waals surface area contributed by atoms with Gasteiger partial charge in [0.25, 0.3) is 0 Å². The zero-order chi connectivity index (χ0) is 17.5. The van der Waals surface area contributed by atoms with Gasteiger partial charge in [0.15, 0.2) is 0 Å². The Labute approximate surface area is 150 Å². The number of hydrogen-bond acceptors (Lipinski definition) is 1. The molecule has 0 N–H and O–H groups in total. The summed E-state index contributed by atoms with van der Waals surface area (Å²) in [7, 11) is 0. The summed E-state index contributed by atoms with van der Waals surface area (Å²) in [6.07, 6.45) is 5.65. The summed E-state index contributed by atoms with van der Waals surface area (Å²) in [6, 6.07) is 27.8. The molecule has 0 amide bonds. The summed E-state index contributed by atoms with van der Waals surface area (Å²) in [5, 5.41) is 0. The fraction of sp³-hybridized carbons (Fsp3) is 0.0833. The van der Waals surface area contributed by atoms with Crippen molar-refractivity contribution in [1.82, 2.24) is 0 Å². The lowest BCUT2D eigenvalue weighted by Gasteiger charge is -2.25. The number of nitrogens with zero attached hydrogens (tertiary/aromatic N) is 1. The topological polar surface area (TPSA) is 3.24 Å². The normalized spacial score (nSPS) is 10.2. The number of rotatable bonds is 7. The van der Waals surface area contributed by atoms with E-state index in [4.69, 9.17) is 0 Å². The van der Waals surface area contributed by atoms with Crippen LogP contribution in [0.2, 0.25) is 0 Å². The van der Waals surface area contributed by atoms with Crippen LogP contribution < -0.4 is 4.90 Å². The van der Waals surface area contributed by atoms with E-state index in [9.17, 15) is 0 Å². The second kappa shape index (κ2) is 8.16. The van der Waals surface area contributed by atoms with E-state index in [-0.39, 0.29) is 0 Å². The van der Waals surface area contributed by atoms with Crippen molar-refractivity contribution in [2.75, 3.05) is 4.90 Å². The van der Waals surface area contributed by atoms with Gasteiger partial charge in [-0.05, 0) is 60.4 Å². The molecule has 0 saturated carbocycles. The van der Waals surface area contributed by atoms with Gasteiger partial charge in [0.1, 0.15) is 0 Å². The van der Waals surface area contributed by atoms with Gasteiger partial charge >= 0.3 is 0 Å². The van der Waals surface area contributed by atoms with Crippen LogP contribution >= 0.6 is 0 Å². The number of benzene rings is 3. The van der Waals surface area contributed by atoms with Crippen molar-refractivity contribution in [3.63, 3.8) is 0 Å². The predicted octanol–water partition coefficient (Wildman–Crippen LogP) is 6.61. The van der Waals surface area contributed by atoms with Crippen LogP contribution in [0.5, 0.6) is 0 Å². The highest BCUT2D eigenvalue weighted by Crippen LogP contribution is 2.34. The third kappa shape index (κ3) is 4.07. The third-order valence-electron chi connectivity index (χ3n) is 4.16. The zero-order valence-corrected chi connectivity index (χ0v) is 14.4. The summed E-state index contributed by atoms with van der Waals surface area (Å²) >= 11 is 0. The largest absolute Gasteiger partial charge is 0.311 e. The molecular formula is C24H23N. The smallest absolute Gasteiger partial charge is 0.0461 e. The zero-order valence-electron chi connectivity index (χ0n) is 14.4. The van der Waals surface area contributed by atoms with Crippen molar-refractivity contribution < 1.29 is 0 Å². The Bertz CT molecular complexity index is 761. The molecule has 0 aromatic heterocycles. The van der Waals surface area contributed by atoms with Gasteiger partial charge in [-0.25, -0.2) is 0 Å². The third-order valence-corrected chi connectivity index (χ3v) is 4.16. The molecule has 124 valence electrons.